The number of carbonyl (C=O) groups is 2. The molecule has 0 unspecified atom stereocenters. The normalized spacial score (nSPS) is 9.78. The minimum atomic E-state index is -0.430. The number of carbonyl (C=O) groups excluding carboxylic acids is 2. The van der Waals surface area contributed by atoms with Crippen molar-refractivity contribution < 1.29 is 18.7 Å². The number of hydrogen-bond acceptors (Lipinski definition) is 5. The molecule has 7 heteroatoms. The second-order valence-corrected chi connectivity index (χ2v) is 4.51. The predicted octanol–water partition coefficient (Wildman–Crippen LogP) is 1.31. The smallest absolute Gasteiger partial charge is 0.257 e. The number of methoxy groups -OCH3 is 1. The zero-order chi connectivity index (χ0) is 16.7. The number of rotatable bonds is 7. The second kappa shape index (κ2) is 7.69. The van der Waals surface area contributed by atoms with Crippen LogP contribution in [0.2, 0.25) is 0 Å². The molecule has 120 valence electrons. The summed E-state index contributed by atoms with van der Waals surface area (Å²) in [5, 5.41) is 2.51. The SMILES string of the molecule is C=C(NNC(=O)CNC(=O)c1ccccc1OC)c1ccco1. The number of para-hydroxylation sites is 1. The number of hydrogen-bond donors (Lipinski definition) is 3. The Hall–Kier alpha value is -3.22. The van der Waals surface area contributed by atoms with Crippen molar-refractivity contribution in [3.63, 3.8) is 0 Å². The summed E-state index contributed by atoms with van der Waals surface area (Å²) >= 11 is 0. The van der Waals surface area contributed by atoms with Gasteiger partial charge in [-0.05, 0) is 24.3 Å². The van der Waals surface area contributed by atoms with Gasteiger partial charge in [-0.2, -0.15) is 0 Å². The maximum atomic E-state index is 12.0. The molecular weight excluding hydrogens is 298 g/mol. The van der Waals surface area contributed by atoms with Crippen molar-refractivity contribution in [1.82, 2.24) is 16.2 Å². The van der Waals surface area contributed by atoms with Crippen molar-refractivity contribution in [3.05, 3.63) is 60.6 Å². The molecule has 0 atom stereocenters. The molecule has 0 bridgehead atoms. The molecule has 0 aliphatic rings. The Morgan fingerprint density at radius 1 is 1.17 bits per heavy atom. The Kier molecular flexibility index (Phi) is 5.40. The Morgan fingerprint density at radius 2 is 1.96 bits per heavy atom. The maximum absolute atomic E-state index is 12.0. The van der Waals surface area contributed by atoms with E-state index in [-0.39, 0.29) is 6.54 Å². The van der Waals surface area contributed by atoms with Gasteiger partial charge >= 0.3 is 0 Å². The van der Waals surface area contributed by atoms with Crippen LogP contribution >= 0.6 is 0 Å². The zero-order valence-electron chi connectivity index (χ0n) is 12.6. The van der Waals surface area contributed by atoms with Crippen LogP contribution in [0.3, 0.4) is 0 Å². The summed E-state index contributed by atoms with van der Waals surface area (Å²) in [6.07, 6.45) is 1.50. The van der Waals surface area contributed by atoms with E-state index < -0.39 is 11.8 Å². The number of ether oxygens (including phenoxy) is 1. The van der Waals surface area contributed by atoms with Crippen LogP contribution in [0.4, 0.5) is 0 Å². The lowest BCUT2D eigenvalue weighted by atomic mass is 10.2. The molecule has 0 saturated heterocycles. The fourth-order valence-corrected chi connectivity index (χ4v) is 1.79. The molecule has 0 aliphatic heterocycles. The van der Waals surface area contributed by atoms with E-state index in [0.717, 1.165) is 0 Å². The van der Waals surface area contributed by atoms with Crippen LogP contribution in [0, 0.1) is 0 Å². The van der Waals surface area contributed by atoms with Gasteiger partial charge in [0.05, 0.1) is 31.2 Å². The average molecular weight is 315 g/mol. The van der Waals surface area contributed by atoms with Crippen LogP contribution in [0.5, 0.6) is 5.75 Å². The molecule has 3 N–H and O–H groups in total. The third kappa shape index (κ3) is 4.37. The standard InChI is InChI=1S/C16H17N3O4/c1-11(13-8-5-9-23-13)18-19-15(20)10-17-16(21)12-6-3-4-7-14(12)22-2/h3-9,18H,1,10H2,2H3,(H,17,21)(H,19,20). The van der Waals surface area contributed by atoms with Crippen LogP contribution < -0.4 is 20.9 Å². The molecule has 7 nitrogen and oxygen atoms in total. The van der Waals surface area contributed by atoms with Crippen molar-refractivity contribution >= 4 is 17.5 Å². The minimum Gasteiger partial charge on any atom is -0.496 e. The first-order valence-corrected chi connectivity index (χ1v) is 6.80. The van der Waals surface area contributed by atoms with Crippen LogP contribution in [-0.4, -0.2) is 25.5 Å². The Bertz CT molecular complexity index is 695. The zero-order valence-corrected chi connectivity index (χ0v) is 12.6. The molecule has 1 aromatic heterocycles. The van der Waals surface area contributed by atoms with Gasteiger partial charge in [0.15, 0.2) is 5.76 Å². The van der Waals surface area contributed by atoms with Gasteiger partial charge in [0, 0.05) is 0 Å². The average Bonchev–Trinajstić information content (AvgIpc) is 3.12. The van der Waals surface area contributed by atoms with E-state index in [2.05, 4.69) is 22.7 Å². The summed E-state index contributed by atoms with van der Waals surface area (Å²) in [6.45, 7) is 3.51. The molecule has 2 rings (SSSR count). The van der Waals surface area contributed by atoms with Crippen molar-refractivity contribution in [2.24, 2.45) is 0 Å². The summed E-state index contributed by atoms with van der Waals surface area (Å²) in [4.78, 5) is 23.7. The molecule has 0 aliphatic carbocycles. The van der Waals surface area contributed by atoms with Gasteiger partial charge in [0.25, 0.3) is 11.8 Å². The first-order valence-electron chi connectivity index (χ1n) is 6.80. The summed E-state index contributed by atoms with van der Waals surface area (Å²) in [6, 6.07) is 10.2. The van der Waals surface area contributed by atoms with Gasteiger partial charge < -0.3 is 14.5 Å². The first kappa shape index (κ1) is 16.2. The van der Waals surface area contributed by atoms with Crippen LogP contribution in [0.15, 0.2) is 53.7 Å². The van der Waals surface area contributed by atoms with Crippen molar-refractivity contribution in [1.29, 1.82) is 0 Å². The fourth-order valence-electron chi connectivity index (χ4n) is 1.79. The van der Waals surface area contributed by atoms with E-state index in [1.807, 2.05) is 0 Å². The van der Waals surface area contributed by atoms with E-state index in [1.165, 1.54) is 13.4 Å². The van der Waals surface area contributed by atoms with E-state index >= 15 is 0 Å². The van der Waals surface area contributed by atoms with Crippen LogP contribution in [-0.2, 0) is 4.79 Å². The largest absolute Gasteiger partial charge is 0.496 e. The number of benzene rings is 1. The molecule has 0 saturated carbocycles. The minimum absolute atomic E-state index is 0.199. The highest BCUT2D eigenvalue weighted by Crippen LogP contribution is 2.16. The van der Waals surface area contributed by atoms with Crippen LogP contribution in [0.25, 0.3) is 5.70 Å². The van der Waals surface area contributed by atoms with E-state index in [1.54, 1.807) is 36.4 Å². The molecule has 2 aromatic rings. The fraction of sp³-hybridized carbons (Fsp3) is 0.125. The molecule has 1 heterocycles. The van der Waals surface area contributed by atoms with Gasteiger partial charge in [-0.1, -0.05) is 18.7 Å². The van der Waals surface area contributed by atoms with Gasteiger partial charge in [0.1, 0.15) is 5.75 Å². The van der Waals surface area contributed by atoms with Crippen molar-refractivity contribution in [2.45, 2.75) is 0 Å². The number of hydrazine groups is 1. The number of amides is 2. The lowest BCUT2D eigenvalue weighted by Crippen LogP contribution is -2.42. The Labute approximate surface area is 133 Å². The van der Waals surface area contributed by atoms with Crippen LogP contribution in [0.1, 0.15) is 16.1 Å². The molecule has 23 heavy (non-hydrogen) atoms. The summed E-state index contributed by atoms with van der Waals surface area (Å²) in [5.41, 5.74) is 5.78. The Morgan fingerprint density at radius 3 is 2.65 bits per heavy atom. The van der Waals surface area contributed by atoms with Gasteiger partial charge in [-0.15, -0.1) is 0 Å². The van der Waals surface area contributed by atoms with E-state index in [4.69, 9.17) is 9.15 Å². The highest BCUT2D eigenvalue weighted by molar-refractivity contribution is 5.98. The molecule has 2 amide bonds. The molecule has 0 spiro atoms. The van der Waals surface area contributed by atoms with E-state index in [0.29, 0.717) is 22.8 Å². The highest BCUT2D eigenvalue weighted by atomic mass is 16.5. The topological polar surface area (TPSA) is 92.6 Å². The molecule has 0 radical (unpaired) electrons. The highest BCUT2D eigenvalue weighted by Gasteiger charge is 2.12. The van der Waals surface area contributed by atoms with E-state index in [9.17, 15) is 9.59 Å². The number of nitrogens with one attached hydrogen (secondary N) is 3. The van der Waals surface area contributed by atoms with Crippen molar-refractivity contribution in [2.75, 3.05) is 13.7 Å². The third-order valence-electron chi connectivity index (χ3n) is 2.93. The quantitative estimate of drug-likeness (QED) is 0.670. The molecule has 1 aromatic carbocycles. The first-order chi connectivity index (χ1) is 11.1. The lowest BCUT2D eigenvalue weighted by molar-refractivity contribution is -0.120. The summed E-state index contributed by atoms with van der Waals surface area (Å²) in [5.74, 6) is 0.113. The molecular formula is C16H17N3O4. The summed E-state index contributed by atoms with van der Waals surface area (Å²) in [7, 11) is 1.48. The molecule has 0 fully saturated rings. The van der Waals surface area contributed by atoms with Gasteiger partial charge in [-0.3, -0.25) is 20.4 Å². The predicted molar refractivity (Wildman–Crippen MR) is 84.3 cm³/mol. The Balaban J connectivity index is 1.80. The second-order valence-electron chi connectivity index (χ2n) is 4.51. The number of furan rings is 1. The maximum Gasteiger partial charge on any atom is 0.257 e. The lowest BCUT2D eigenvalue weighted by Gasteiger charge is -2.11. The third-order valence-corrected chi connectivity index (χ3v) is 2.93. The summed E-state index contributed by atoms with van der Waals surface area (Å²) < 4.78 is 10.2. The van der Waals surface area contributed by atoms with Gasteiger partial charge in [0.2, 0.25) is 0 Å². The monoisotopic (exact) mass is 315 g/mol. The van der Waals surface area contributed by atoms with Gasteiger partial charge in [-0.25, -0.2) is 0 Å². The van der Waals surface area contributed by atoms with Crippen molar-refractivity contribution in [3.8, 4) is 5.75 Å².